The average Bonchev–Trinajstić information content (AvgIpc) is 2.57. The molecule has 2 aromatic carbocycles. The maximum absolute atomic E-state index is 10.6. The molecule has 0 spiro atoms. The summed E-state index contributed by atoms with van der Waals surface area (Å²) in [5, 5.41) is 0.200. The van der Waals surface area contributed by atoms with Gasteiger partial charge in [-0.3, -0.25) is 9.59 Å². The van der Waals surface area contributed by atoms with Crippen LogP contribution in [-0.4, -0.2) is 10.2 Å². The third-order valence-electron chi connectivity index (χ3n) is 2.45. The first-order chi connectivity index (χ1) is 10.9. The van der Waals surface area contributed by atoms with Crippen LogP contribution in [0.1, 0.15) is 34.6 Å². The highest BCUT2D eigenvalue weighted by Gasteiger charge is 1.97. The summed E-state index contributed by atoms with van der Waals surface area (Å²) in [7, 11) is 0. The van der Waals surface area contributed by atoms with Crippen molar-refractivity contribution in [1.82, 2.24) is 0 Å². The summed E-state index contributed by atoms with van der Waals surface area (Å²) in [6.45, 7) is 4.00. The van der Waals surface area contributed by atoms with E-state index in [0.29, 0.717) is 16.1 Å². The number of benzene rings is 2. The summed E-state index contributed by atoms with van der Waals surface area (Å²) in [6, 6.07) is 15.5. The molecule has 0 atom stereocenters. The Morgan fingerprint density at radius 2 is 1.17 bits per heavy atom. The number of allylic oxidation sites excluding steroid dienone is 2. The normalized spacial score (nSPS) is 8.88. The van der Waals surface area contributed by atoms with E-state index in [1.807, 2.05) is 44.2 Å². The Kier molecular flexibility index (Phi) is 16.0. The van der Waals surface area contributed by atoms with Gasteiger partial charge in [-0.05, 0) is 38.1 Å². The molecule has 0 fully saturated rings. The van der Waals surface area contributed by atoms with Crippen LogP contribution in [0.5, 0.6) is 0 Å². The van der Waals surface area contributed by atoms with Gasteiger partial charge < -0.3 is 0 Å². The molecule has 0 saturated heterocycles. The molecule has 2 aromatic rings. The molecule has 0 bridgehead atoms. The van der Waals surface area contributed by atoms with E-state index >= 15 is 0 Å². The van der Waals surface area contributed by atoms with E-state index < -0.39 is 0 Å². The molecule has 0 amide bonds. The Bertz CT molecular complexity index is 623. The first kappa shape index (κ1) is 25.0. The van der Waals surface area contributed by atoms with Crippen molar-refractivity contribution in [3.05, 3.63) is 82.9 Å². The van der Waals surface area contributed by atoms with E-state index in [4.69, 9.17) is 11.6 Å². The highest BCUT2D eigenvalue weighted by molar-refractivity contribution is 7.97. The number of rotatable bonds is 2. The minimum absolute atomic E-state index is 0. The highest BCUT2D eigenvalue weighted by Crippen LogP contribution is 2.10. The first-order valence-electron chi connectivity index (χ1n) is 6.76. The van der Waals surface area contributed by atoms with Crippen LogP contribution in [0.25, 0.3) is 0 Å². The molecule has 0 aliphatic rings. The quantitative estimate of drug-likeness (QED) is 0.464. The molecule has 0 heterocycles. The van der Waals surface area contributed by atoms with E-state index in [1.54, 1.807) is 36.4 Å². The third kappa shape index (κ3) is 12.3. The lowest BCUT2D eigenvalue weighted by atomic mass is 10.2. The fourth-order valence-corrected chi connectivity index (χ4v) is 1.60. The first-order valence-corrected chi connectivity index (χ1v) is 8.04. The Morgan fingerprint density at radius 3 is 1.46 bits per heavy atom. The molecule has 0 unspecified atom stereocenters. The zero-order chi connectivity index (χ0) is 17.7. The smallest absolute Gasteiger partial charge is 0.216 e. The zero-order valence-corrected chi connectivity index (χ0v) is 16.7. The van der Waals surface area contributed by atoms with Crippen molar-refractivity contribution in [2.45, 2.75) is 13.8 Å². The molecule has 0 N–H and O–H groups in total. The lowest BCUT2D eigenvalue weighted by molar-refractivity contribution is 0.108. The van der Waals surface area contributed by atoms with E-state index in [2.05, 4.69) is 25.3 Å². The largest absolute Gasteiger partial charge is 0.282 e. The van der Waals surface area contributed by atoms with Crippen molar-refractivity contribution in [3.8, 4) is 0 Å². The van der Waals surface area contributed by atoms with Crippen molar-refractivity contribution in [2.75, 3.05) is 0 Å². The zero-order valence-electron chi connectivity index (χ0n) is 13.3. The van der Waals surface area contributed by atoms with Crippen molar-refractivity contribution in [2.24, 2.45) is 0 Å². The number of hydrogen-bond donors (Lipinski definition) is 2. The van der Waals surface area contributed by atoms with E-state index in [-0.39, 0.29) is 22.6 Å². The second-order valence-electron chi connectivity index (χ2n) is 4.15. The lowest BCUT2D eigenvalue weighted by Gasteiger charge is -1.91. The topological polar surface area (TPSA) is 34.1 Å². The van der Waals surface area contributed by atoms with Crippen LogP contribution in [0.3, 0.4) is 0 Å². The van der Waals surface area contributed by atoms with Gasteiger partial charge in [-0.15, -0.1) is 37.7 Å². The molecule has 0 aliphatic heterocycles. The molecule has 6 heteroatoms. The van der Waals surface area contributed by atoms with Crippen LogP contribution in [0.15, 0.2) is 66.7 Å². The fraction of sp³-hybridized carbons (Fsp3) is 0.111. The summed E-state index contributed by atoms with van der Waals surface area (Å²) in [4.78, 5) is 21.1. The van der Waals surface area contributed by atoms with Gasteiger partial charge in [-0.2, -0.15) is 0 Å². The minimum atomic E-state index is -0.239. The molecule has 130 valence electrons. The lowest BCUT2D eigenvalue weighted by Crippen LogP contribution is -1.85. The Hall–Kier alpha value is -1.20. The van der Waals surface area contributed by atoms with Gasteiger partial charge in [0.05, 0.1) is 0 Å². The van der Waals surface area contributed by atoms with Crippen LogP contribution in [0, 0.1) is 0 Å². The molecule has 0 aliphatic carbocycles. The van der Waals surface area contributed by atoms with Gasteiger partial charge in [0, 0.05) is 16.1 Å². The standard InChI is InChI=1S/C7H5ClOS.C7H6OS.C4H8.ClH/c8-6-3-1-5(2-4-6)7(9)10;8-7(9)6-4-2-1-3-5-6;1-3-4-2;/h1-4H,(H,9,10);1-5H,(H,8,9);3-4H,1-2H3;1H. The van der Waals surface area contributed by atoms with E-state index in [0.717, 1.165) is 0 Å². The van der Waals surface area contributed by atoms with Gasteiger partial charge in [-0.1, -0.05) is 54.1 Å². The van der Waals surface area contributed by atoms with Crippen molar-refractivity contribution >= 4 is 59.5 Å². The van der Waals surface area contributed by atoms with Crippen LogP contribution in [-0.2, 0) is 0 Å². The van der Waals surface area contributed by atoms with Crippen molar-refractivity contribution in [1.29, 1.82) is 0 Å². The second kappa shape index (κ2) is 15.3. The van der Waals surface area contributed by atoms with Gasteiger partial charge in [-0.25, -0.2) is 0 Å². The molecule has 0 saturated carbocycles. The predicted molar refractivity (Wildman–Crippen MR) is 112 cm³/mol. The number of hydrogen-bond acceptors (Lipinski definition) is 2. The molecule has 2 rings (SSSR count). The molecular weight excluding hydrogens is 383 g/mol. The summed E-state index contributed by atoms with van der Waals surface area (Å²) in [5.41, 5.74) is 1.20. The maximum atomic E-state index is 10.6. The average molecular weight is 403 g/mol. The maximum Gasteiger partial charge on any atom is 0.216 e. The molecule has 2 nitrogen and oxygen atoms in total. The number of halogens is 2. The molecule has 24 heavy (non-hydrogen) atoms. The summed E-state index contributed by atoms with van der Waals surface area (Å²) in [5.74, 6) is 0. The molecule has 0 aromatic heterocycles. The number of carbonyl (C=O) groups excluding carboxylic acids is 2. The third-order valence-corrected chi connectivity index (χ3v) is 3.21. The van der Waals surface area contributed by atoms with Crippen molar-refractivity contribution in [3.63, 3.8) is 0 Å². The van der Waals surface area contributed by atoms with Crippen LogP contribution in [0.2, 0.25) is 5.02 Å². The van der Waals surface area contributed by atoms with E-state index in [1.165, 1.54) is 0 Å². The highest BCUT2D eigenvalue weighted by atomic mass is 35.5. The number of thiol groups is 2. The predicted octanol–water partition coefficient (Wildman–Crippen LogP) is 6.17. The van der Waals surface area contributed by atoms with Crippen LogP contribution >= 0.6 is 49.3 Å². The van der Waals surface area contributed by atoms with Crippen molar-refractivity contribution < 1.29 is 9.59 Å². The Morgan fingerprint density at radius 1 is 0.792 bits per heavy atom. The van der Waals surface area contributed by atoms with Gasteiger partial charge in [0.25, 0.3) is 0 Å². The summed E-state index contributed by atoms with van der Waals surface area (Å²) in [6.07, 6.45) is 4.00. The van der Waals surface area contributed by atoms with Gasteiger partial charge in [0.1, 0.15) is 0 Å². The monoisotopic (exact) mass is 402 g/mol. The second-order valence-corrected chi connectivity index (χ2v) is 5.40. The Balaban J connectivity index is 0. The van der Waals surface area contributed by atoms with Crippen LogP contribution < -0.4 is 0 Å². The van der Waals surface area contributed by atoms with Gasteiger partial charge in [0.2, 0.25) is 10.2 Å². The fourth-order valence-electron chi connectivity index (χ4n) is 1.17. The number of carbonyl (C=O) groups is 2. The minimum Gasteiger partial charge on any atom is -0.282 e. The van der Waals surface area contributed by atoms with Gasteiger partial charge in [0.15, 0.2) is 0 Å². The Labute approximate surface area is 165 Å². The molecule has 0 radical (unpaired) electrons. The van der Waals surface area contributed by atoms with Gasteiger partial charge >= 0.3 is 0 Å². The summed E-state index contributed by atoms with van der Waals surface area (Å²) < 4.78 is 0. The molecular formula is C18H20Cl2O2S2. The SMILES string of the molecule is CC=CC.Cl.O=C(S)c1ccc(Cl)cc1.O=C(S)c1ccccc1. The van der Waals surface area contributed by atoms with Crippen LogP contribution in [0.4, 0.5) is 0 Å². The van der Waals surface area contributed by atoms with E-state index in [9.17, 15) is 9.59 Å². The summed E-state index contributed by atoms with van der Waals surface area (Å²) >= 11 is 12.9.